The number of amides is 1. The average Bonchev–Trinajstić information content (AvgIpc) is 3.12. The van der Waals surface area contributed by atoms with Crippen LogP contribution in [0.15, 0.2) is 61.2 Å². The molecule has 1 amide bonds. The number of carbonyl (C=O) groups excluding carboxylic acids is 1. The number of carboxylic acids is 1. The van der Waals surface area contributed by atoms with Crippen molar-refractivity contribution in [1.82, 2.24) is 0 Å². The molecule has 1 aliphatic rings. The van der Waals surface area contributed by atoms with Crippen LogP contribution in [0.2, 0.25) is 0 Å². The van der Waals surface area contributed by atoms with E-state index in [1.165, 1.54) is 11.3 Å². The first-order valence-corrected chi connectivity index (χ1v) is 10.4. The minimum Gasteiger partial charge on any atom is -0.490 e. The Morgan fingerprint density at radius 2 is 1.93 bits per heavy atom. The second kappa shape index (κ2) is 8.16. The molecule has 2 aromatic carbocycles. The summed E-state index contributed by atoms with van der Waals surface area (Å²) in [5, 5.41) is 12.8. The van der Waals surface area contributed by atoms with Crippen molar-refractivity contribution >= 4 is 28.9 Å². The lowest BCUT2D eigenvalue weighted by atomic mass is 9.88. The first kappa shape index (κ1) is 19.9. The van der Waals surface area contributed by atoms with E-state index in [1.807, 2.05) is 55.5 Å². The van der Waals surface area contributed by atoms with Gasteiger partial charge in [-0.05, 0) is 30.2 Å². The summed E-state index contributed by atoms with van der Waals surface area (Å²) in [4.78, 5) is 25.7. The standard InChI is InChI=1S/C24H21NO4S/c1-3-12-29-17-10-8-15(9-11-17)18-13-19(26)25-21-20(16-6-4-14(2)5-7-16)23(24(27)28)30-22(18)21/h3-11,18H,1,12-13H2,2H3,(H,25,26)(H,27,28)/t18-/m1/s1. The van der Waals surface area contributed by atoms with Gasteiger partial charge >= 0.3 is 5.97 Å². The fourth-order valence-corrected chi connectivity index (χ4v) is 4.90. The molecule has 152 valence electrons. The highest BCUT2D eigenvalue weighted by molar-refractivity contribution is 7.15. The van der Waals surface area contributed by atoms with Crippen LogP contribution in [0.1, 0.15) is 38.0 Å². The molecule has 2 N–H and O–H groups in total. The molecule has 2 heterocycles. The second-order valence-corrected chi connectivity index (χ2v) is 8.24. The molecule has 0 bridgehead atoms. The number of carbonyl (C=O) groups is 2. The van der Waals surface area contributed by atoms with E-state index in [-0.39, 0.29) is 23.1 Å². The zero-order chi connectivity index (χ0) is 21.3. The number of nitrogens with one attached hydrogen (secondary N) is 1. The number of fused-ring (bicyclic) bond motifs is 1. The van der Waals surface area contributed by atoms with Gasteiger partial charge in [-0.25, -0.2) is 4.79 Å². The number of aromatic carboxylic acids is 1. The van der Waals surface area contributed by atoms with Crippen molar-refractivity contribution in [3.63, 3.8) is 0 Å². The van der Waals surface area contributed by atoms with Crippen LogP contribution in [0.4, 0.5) is 5.69 Å². The van der Waals surface area contributed by atoms with Gasteiger partial charge in [0, 0.05) is 22.8 Å². The monoisotopic (exact) mass is 419 g/mol. The third-order valence-corrected chi connectivity index (χ3v) is 6.38. The molecule has 0 aliphatic carbocycles. The molecule has 1 atom stereocenters. The van der Waals surface area contributed by atoms with Crippen LogP contribution >= 0.6 is 11.3 Å². The molecule has 0 radical (unpaired) electrons. The van der Waals surface area contributed by atoms with E-state index in [2.05, 4.69) is 11.9 Å². The molecule has 1 aliphatic heterocycles. The van der Waals surface area contributed by atoms with Gasteiger partial charge in [-0.1, -0.05) is 54.6 Å². The molecule has 30 heavy (non-hydrogen) atoms. The smallest absolute Gasteiger partial charge is 0.346 e. The maximum atomic E-state index is 12.5. The SMILES string of the molecule is C=CCOc1ccc([C@H]2CC(=O)Nc3c2sc(C(=O)O)c3-c2ccc(C)cc2)cc1. The van der Waals surface area contributed by atoms with Gasteiger partial charge in [-0.2, -0.15) is 0 Å². The van der Waals surface area contributed by atoms with E-state index in [0.29, 0.717) is 17.9 Å². The van der Waals surface area contributed by atoms with Crippen molar-refractivity contribution in [2.24, 2.45) is 0 Å². The van der Waals surface area contributed by atoms with Gasteiger partial charge in [-0.3, -0.25) is 4.79 Å². The van der Waals surface area contributed by atoms with E-state index in [0.717, 1.165) is 27.3 Å². The summed E-state index contributed by atoms with van der Waals surface area (Å²) < 4.78 is 5.54. The third-order valence-electron chi connectivity index (χ3n) is 5.09. The Balaban J connectivity index is 1.80. The van der Waals surface area contributed by atoms with Gasteiger partial charge in [0.05, 0.1) is 5.69 Å². The number of thiophene rings is 1. The van der Waals surface area contributed by atoms with Crippen molar-refractivity contribution in [2.45, 2.75) is 19.3 Å². The highest BCUT2D eigenvalue weighted by atomic mass is 32.1. The molecular formula is C24H21NO4S. The first-order valence-electron chi connectivity index (χ1n) is 9.58. The number of aryl methyl sites for hydroxylation is 1. The Bertz CT molecular complexity index is 1110. The zero-order valence-electron chi connectivity index (χ0n) is 16.5. The quantitative estimate of drug-likeness (QED) is 0.520. The molecule has 3 aromatic rings. The van der Waals surface area contributed by atoms with E-state index in [1.54, 1.807) is 6.08 Å². The Hall–Kier alpha value is -3.38. The van der Waals surface area contributed by atoms with Gasteiger partial charge < -0.3 is 15.2 Å². The number of anilines is 1. The van der Waals surface area contributed by atoms with Crippen LogP contribution in [0.25, 0.3) is 11.1 Å². The molecule has 1 aromatic heterocycles. The van der Waals surface area contributed by atoms with Gasteiger partial charge in [0.1, 0.15) is 17.2 Å². The van der Waals surface area contributed by atoms with Crippen LogP contribution in [0.5, 0.6) is 5.75 Å². The van der Waals surface area contributed by atoms with Crippen molar-refractivity contribution < 1.29 is 19.4 Å². The summed E-state index contributed by atoms with van der Waals surface area (Å²) in [6, 6.07) is 15.2. The average molecular weight is 420 g/mol. The van der Waals surface area contributed by atoms with E-state index in [4.69, 9.17) is 4.74 Å². The summed E-state index contributed by atoms with van der Waals surface area (Å²) in [6.07, 6.45) is 1.95. The summed E-state index contributed by atoms with van der Waals surface area (Å²) >= 11 is 1.23. The summed E-state index contributed by atoms with van der Waals surface area (Å²) in [6.45, 7) is 6.03. The summed E-state index contributed by atoms with van der Waals surface area (Å²) in [5.74, 6) is -0.602. The molecule has 0 unspecified atom stereocenters. The molecule has 4 rings (SSSR count). The summed E-state index contributed by atoms with van der Waals surface area (Å²) in [5.41, 5.74) is 4.00. The summed E-state index contributed by atoms with van der Waals surface area (Å²) in [7, 11) is 0. The lowest BCUT2D eigenvalue weighted by molar-refractivity contribution is -0.116. The largest absolute Gasteiger partial charge is 0.490 e. The van der Waals surface area contributed by atoms with E-state index < -0.39 is 5.97 Å². The number of rotatable bonds is 6. The van der Waals surface area contributed by atoms with Crippen LogP contribution in [-0.2, 0) is 4.79 Å². The van der Waals surface area contributed by atoms with Crippen molar-refractivity contribution in [3.8, 4) is 16.9 Å². The predicted octanol–water partition coefficient (Wildman–Crippen LogP) is 5.46. The second-order valence-electron chi connectivity index (χ2n) is 7.19. The van der Waals surface area contributed by atoms with Gasteiger partial charge in [0.25, 0.3) is 0 Å². The minimum atomic E-state index is -0.994. The molecule has 5 nitrogen and oxygen atoms in total. The minimum absolute atomic E-state index is 0.123. The van der Waals surface area contributed by atoms with Crippen LogP contribution < -0.4 is 10.1 Å². The number of hydrogen-bond donors (Lipinski definition) is 2. The van der Waals surface area contributed by atoms with Crippen LogP contribution in [-0.4, -0.2) is 23.6 Å². The van der Waals surface area contributed by atoms with Crippen molar-refractivity contribution in [1.29, 1.82) is 0 Å². The fraction of sp³-hybridized carbons (Fsp3) is 0.167. The van der Waals surface area contributed by atoms with Gasteiger partial charge in [-0.15, -0.1) is 11.3 Å². The predicted molar refractivity (Wildman–Crippen MR) is 119 cm³/mol. The zero-order valence-corrected chi connectivity index (χ0v) is 17.3. The topological polar surface area (TPSA) is 75.6 Å². The number of ether oxygens (including phenoxy) is 1. The normalized spacial score (nSPS) is 15.2. The fourth-order valence-electron chi connectivity index (χ4n) is 3.65. The van der Waals surface area contributed by atoms with Crippen molar-refractivity contribution in [2.75, 3.05) is 11.9 Å². The number of benzene rings is 2. The van der Waals surface area contributed by atoms with Crippen molar-refractivity contribution in [3.05, 3.63) is 82.1 Å². The molecule has 0 spiro atoms. The van der Waals surface area contributed by atoms with Crippen LogP contribution in [0.3, 0.4) is 0 Å². The maximum absolute atomic E-state index is 12.5. The Morgan fingerprint density at radius 1 is 1.23 bits per heavy atom. The Morgan fingerprint density at radius 3 is 2.57 bits per heavy atom. The molecule has 6 heteroatoms. The molecular weight excluding hydrogens is 398 g/mol. The lowest BCUT2D eigenvalue weighted by Gasteiger charge is -2.24. The molecule has 0 fully saturated rings. The van der Waals surface area contributed by atoms with Crippen LogP contribution in [0, 0.1) is 6.92 Å². The first-order chi connectivity index (χ1) is 14.5. The maximum Gasteiger partial charge on any atom is 0.346 e. The molecule has 0 saturated heterocycles. The number of hydrogen-bond acceptors (Lipinski definition) is 4. The lowest BCUT2D eigenvalue weighted by Crippen LogP contribution is -2.22. The van der Waals surface area contributed by atoms with Gasteiger partial charge in [0.15, 0.2) is 0 Å². The highest BCUT2D eigenvalue weighted by Gasteiger charge is 2.34. The third kappa shape index (κ3) is 3.74. The van der Waals surface area contributed by atoms with E-state index >= 15 is 0 Å². The molecule has 0 saturated carbocycles. The van der Waals surface area contributed by atoms with Gasteiger partial charge in [0.2, 0.25) is 5.91 Å². The Kier molecular flexibility index (Phi) is 5.42. The highest BCUT2D eigenvalue weighted by Crippen LogP contribution is 2.49. The van der Waals surface area contributed by atoms with E-state index in [9.17, 15) is 14.7 Å². The Labute approximate surface area is 178 Å². The number of carboxylic acid groups (broad SMARTS) is 1.